The molecule has 0 spiro atoms. The lowest BCUT2D eigenvalue weighted by Gasteiger charge is -2.30. The van der Waals surface area contributed by atoms with E-state index in [0.717, 1.165) is 30.2 Å². The number of aliphatic hydroxyl groups is 1. The highest BCUT2D eigenvalue weighted by atomic mass is 79.9. The van der Waals surface area contributed by atoms with Crippen molar-refractivity contribution in [2.75, 3.05) is 6.61 Å². The predicted molar refractivity (Wildman–Crippen MR) is 74.4 cm³/mol. The number of halogens is 1. The lowest BCUT2D eigenvalue weighted by Crippen LogP contribution is -2.43. The molecule has 2 rings (SSSR count). The summed E-state index contributed by atoms with van der Waals surface area (Å²) in [6, 6.07) is 7.44. The zero-order valence-electron chi connectivity index (χ0n) is 10.2. The van der Waals surface area contributed by atoms with Crippen molar-refractivity contribution in [1.29, 1.82) is 0 Å². The number of rotatable bonds is 3. The van der Waals surface area contributed by atoms with Gasteiger partial charge in [0.15, 0.2) is 0 Å². The van der Waals surface area contributed by atoms with E-state index in [4.69, 9.17) is 0 Å². The van der Waals surface area contributed by atoms with Gasteiger partial charge in [-0.2, -0.15) is 0 Å². The van der Waals surface area contributed by atoms with Crippen LogP contribution in [0.5, 0.6) is 0 Å². The van der Waals surface area contributed by atoms with E-state index < -0.39 is 0 Å². The molecule has 1 aliphatic rings. The average Bonchev–Trinajstić information content (AvgIpc) is 2.40. The first kappa shape index (κ1) is 13.6. The normalized spacial score (nSPS) is 23.7. The molecule has 0 radical (unpaired) electrons. The summed E-state index contributed by atoms with van der Waals surface area (Å²) in [5, 5.41) is 12.4. The Kier molecular flexibility index (Phi) is 4.78. The molecule has 1 aromatic rings. The Morgan fingerprint density at radius 2 is 1.94 bits per heavy atom. The maximum atomic E-state index is 12.1. The van der Waals surface area contributed by atoms with Gasteiger partial charge in [-0.05, 0) is 37.1 Å². The van der Waals surface area contributed by atoms with Gasteiger partial charge in [0.05, 0.1) is 0 Å². The van der Waals surface area contributed by atoms with Gasteiger partial charge in [-0.1, -0.05) is 28.8 Å². The molecule has 3 nitrogen and oxygen atoms in total. The minimum Gasteiger partial charge on any atom is -0.396 e. The zero-order valence-corrected chi connectivity index (χ0v) is 11.8. The first-order valence-electron chi connectivity index (χ1n) is 6.38. The zero-order chi connectivity index (χ0) is 13.0. The molecule has 0 saturated heterocycles. The third kappa shape index (κ3) is 3.33. The maximum absolute atomic E-state index is 12.1. The molecule has 18 heavy (non-hydrogen) atoms. The van der Waals surface area contributed by atoms with Crippen LogP contribution in [0.1, 0.15) is 36.0 Å². The molecule has 2 atom stereocenters. The monoisotopic (exact) mass is 311 g/mol. The SMILES string of the molecule is O=C(NC1CCCCC1CO)c1ccc(Br)cc1. The number of carbonyl (C=O) groups is 1. The number of benzene rings is 1. The summed E-state index contributed by atoms with van der Waals surface area (Å²) in [6.07, 6.45) is 4.24. The molecule has 0 bridgehead atoms. The van der Waals surface area contributed by atoms with E-state index in [0.29, 0.717) is 5.56 Å². The number of carbonyl (C=O) groups excluding carboxylic acids is 1. The average molecular weight is 312 g/mol. The Bertz CT molecular complexity index is 405. The van der Waals surface area contributed by atoms with E-state index in [1.165, 1.54) is 0 Å². The molecule has 1 amide bonds. The van der Waals surface area contributed by atoms with Crippen molar-refractivity contribution in [2.24, 2.45) is 5.92 Å². The minimum absolute atomic E-state index is 0.0483. The Balaban J connectivity index is 1.99. The van der Waals surface area contributed by atoms with E-state index in [-0.39, 0.29) is 24.5 Å². The van der Waals surface area contributed by atoms with E-state index >= 15 is 0 Å². The quantitative estimate of drug-likeness (QED) is 0.901. The van der Waals surface area contributed by atoms with Crippen LogP contribution in [0.15, 0.2) is 28.7 Å². The largest absolute Gasteiger partial charge is 0.396 e. The van der Waals surface area contributed by atoms with Gasteiger partial charge in [0.25, 0.3) is 5.91 Å². The molecular formula is C14H18BrNO2. The lowest BCUT2D eigenvalue weighted by atomic mass is 9.85. The highest BCUT2D eigenvalue weighted by molar-refractivity contribution is 9.10. The molecule has 2 unspecified atom stereocenters. The third-order valence-corrected chi connectivity index (χ3v) is 4.10. The number of hydrogen-bond acceptors (Lipinski definition) is 2. The summed E-state index contributed by atoms with van der Waals surface area (Å²) in [5.41, 5.74) is 0.667. The Hall–Kier alpha value is -0.870. The van der Waals surface area contributed by atoms with Gasteiger partial charge >= 0.3 is 0 Å². The van der Waals surface area contributed by atoms with Crippen molar-refractivity contribution in [3.05, 3.63) is 34.3 Å². The second-order valence-electron chi connectivity index (χ2n) is 4.81. The molecule has 1 fully saturated rings. The first-order chi connectivity index (χ1) is 8.70. The standard InChI is InChI=1S/C14H18BrNO2/c15-12-7-5-10(6-8-12)14(18)16-13-4-2-1-3-11(13)9-17/h5-8,11,13,17H,1-4,9H2,(H,16,18). The van der Waals surface area contributed by atoms with Crippen LogP contribution in [0.4, 0.5) is 0 Å². The van der Waals surface area contributed by atoms with Gasteiger partial charge in [-0.3, -0.25) is 4.79 Å². The summed E-state index contributed by atoms with van der Waals surface area (Å²) < 4.78 is 0.963. The Labute approximate surface area is 116 Å². The third-order valence-electron chi connectivity index (χ3n) is 3.57. The summed E-state index contributed by atoms with van der Waals surface area (Å²) in [7, 11) is 0. The highest BCUT2D eigenvalue weighted by Gasteiger charge is 2.25. The topological polar surface area (TPSA) is 49.3 Å². The van der Waals surface area contributed by atoms with Crippen molar-refractivity contribution in [3.8, 4) is 0 Å². The fourth-order valence-corrected chi connectivity index (χ4v) is 2.73. The first-order valence-corrected chi connectivity index (χ1v) is 7.17. The van der Waals surface area contributed by atoms with Crippen LogP contribution in [-0.2, 0) is 0 Å². The van der Waals surface area contributed by atoms with Gasteiger partial charge < -0.3 is 10.4 Å². The van der Waals surface area contributed by atoms with Gasteiger partial charge in [0.1, 0.15) is 0 Å². The number of nitrogens with one attached hydrogen (secondary N) is 1. The van der Waals surface area contributed by atoms with Gasteiger partial charge in [-0.25, -0.2) is 0 Å². The van der Waals surface area contributed by atoms with E-state index in [1.807, 2.05) is 12.1 Å². The molecule has 1 aliphatic carbocycles. The van der Waals surface area contributed by atoms with Crippen LogP contribution < -0.4 is 5.32 Å². The van der Waals surface area contributed by atoms with Crippen molar-refractivity contribution in [2.45, 2.75) is 31.7 Å². The predicted octanol–water partition coefficient (Wildman–Crippen LogP) is 2.73. The van der Waals surface area contributed by atoms with E-state index in [2.05, 4.69) is 21.2 Å². The Morgan fingerprint density at radius 3 is 2.61 bits per heavy atom. The molecule has 1 aromatic carbocycles. The molecule has 4 heteroatoms. The second kappa shape index (κ2) is 6.34. The smallest absolute Gasteiger partial charge is 0.251 e. The van der Waals surface area contributed by atoms with E-state index in [9.17, 15) is 9.90 Å². The maximum Gasteiger partial charge on any atom is 0.251 e. The number of hydrogen-bond donors (Lipinski definition) is 2. The fourth-order valence-electron chi connectivity index (χ4n) is 2.47. The summed E-state index contributed by atoms with van der Waals surface area (Å²) >= 11 is 3.35. The number of amides is 1. The molecule has 0 aromatic heterocycles. The van der Waals surface area contributed by atoms with Gasteiger partial charge in [-0.15, -0.1) is 0 Å². The summed E-state index contributed by atoms with van der Waals surface area (Å²) in [5.74, 6) is 0.158. The van der Waals surface area contributed by atoms with Crippen LogP contribution >= 0.6 is 15.9 Å². The molecule has 98 valence electrons. The molecular weight excluding hydrogens is 294 g/mol. The molecule has 1 saturated carbocycles. The van der Waals surface area contributed by atoms with Crippen molar-refractivity contribution < 1.29 is 9.90 Å². The van der Waals surface area contributed by atoms with Crippen molar-refractivity contribution in [3.63, 3.8) is 0 Å². The summed E-state index contributed by atoms with van der Waals surface area (Å²) in [6.45, 7) is 0.158. The van der Waals surface area contributed by atoms with E-state index in [1.54, 1.807) is 12.1 Å². The minimum atomic E-state index is -0.0483. The second-order valence-corrected chi connectivity index (χ2v) is 5.73. The van der Waals surface area contributed by atoms with Crippen LogP contribution in [0.2, 0.25) is 0 Å². The van der Waals surface area contributed by atoms with Crippen LogP contribution in [-0.4, -0.2) is 23.7 Å². The van der Waals surface area contributed by atoms with Gasteiger partial charge in [0, 0.05) is 28.6 Å². The van der Waals surface area contributed by atoms with Crippen LogP contribution in [0.3, 0.4) is 0 Å². The van der Waals surface area contributed by atoms with Crippen molar-refractivity contribution >= 4 is 21.8 Å². The number of aliphatic hydroxyl groups excluding tert-OH is 1. The highest BCUT2D eigenvalue weighted by Crippen LogP contribution is 2.24. The molecule has 0 heterocycles. The van der Waals surface area contributed by atoms with Crippen LogP contribution in [0.25, 0.3) is 0 Å². The summed E-state index contributed by atoms with van der Waals surface area (Å²) in [4.78, 5) is 12.1. The van der Waals surface area contributed by atoms with Gasteiger partial charge in [0.2, 0.25) is 0 Å². The molecule has 0 aliphatic heterocycles. The van der Waals surface area contributed by atoms with Crippen LogP contribution in [0, 0.1) is 5.92 Å². The Morgan fingerprint density at radius 1 is 1.28 bits per heavy atom. The van der Waals surface area contributed by atoms with Crippen molar-refractivity contribution in [1.82, 2.24) is 5.32 Å². The fraction of sp³-hybridized carbons (Fsp3) is 0.500. The lowest BCUT2D eigenvalue weighted by molar-refractivity contribution is 0.0872. The molecule has 2 N–H and O–H groups in total.